The molecule has 25 heavy (non-hydrogen) atoms. The molecule has 2 aromatic heterocycles. The monoisotopic (exact) mass is 350 g/mol. The molecule has 4 rings (SSSR count). The van der Waals surface area contributed by atoms with Crippen molar-refractivity contribution in [2.45, 2.75) is 6.42 Å². The van der Waals surface area contributed by atoms with Gasteiger partial charge in [0.05, 0.1) is 28.6 Å². The number of para-hydroxylation sites is 1. The average molecular weight is 350 g/mol. The van der Waals surface area contributed by atoms with Crippen LogP contribution in [0.4, 0.5) is 0 Å². The topological polar surface area (TPSA) is 63.8 Å². The first-order valence-electron chi connectivity index (χ1n) is 7.71. The van der Waals surface area contributed by atoms with Crippen LogP contribution in [0.15, 0.2) is 67.1 Å². The van der Waals surface area contributed by atoms with Gasteiger partial charge in [-0.1, -0.05) is 35.6 Å². The lowest BCUT2D eigenvalue weighted by Gasteiger charge is -2.02. The summed E-state index contributed by atoms with van der Waals surface area (Å²) in [4.78, 5) is 16.1. The van der Waals surface area contributed by atoms with E-state index in [4.69, 9.17) is 14.8 Å². The van der Waals surface area contributed by atoms with E-state index >= 15 is 0 Å². The second-order valence-electron chi connectivity index (χ2n) is 5.46. The van der Waals surface area contributed by atoms with E-state index in [1.54, 1.807) is 11.3 Å². The molecule has 124 valence electrons. The number of rotatable bonds is 5. The van der Waals surface area contributed by atoms with E-state index in [0.717, 1.165) is 21.7 Å². The number of carbonyl (C=O) groups is 1. The molecule has 0 saturated carbocycles. The number of aliphatic carboxylic acids is 1. The van der Waals surface area contributed by atoms with Gasteiger partial charge in [-0.2, -0.15) is 0 Å². The number of hydrogen-bond donors (Lipinski definition) is 1. The summed E-state index contributed by atoms with van der Waals surface area (Å²) in [5.41, 5.74) is 2.96. The highest BCUT2D eigenvalue weighted by Crippen LogP contribution is 2.30. The van der Waals surface area contributed by atoms with Crippen LogP contribution < -0.4 is 4.74 Å². The van der Waals surface area contributed by atoms with Crippen LogP contribution in [0, 0.1) is 0 Å². The van der Waals surface area contributed by atoms with Gasteiger partial charge in [-0.25, -0.2) is 4.98 Å². The van der Waals surface area contributed by atoms with E-state index in [1.165, 1.54) is 17.0 Å². The molecule has 0 saturated heterocycles. The third-order valence-corrected chi connectivity index (χ3v) is 4.76. The summed E-state index contributed by atoms with van der Waals surface area (Å²) in [5.74, 6) is -0.251. The second-order valence-corrected chi connectivity index (χ2v) is 6.47. The Kier molecular flexibility index (Phi) is 3.95. The molecule has 0 fully saturated rings. The highest BCUT2D eigenvalue weighted by molar-refractivity contribution is 7.23. The number of aromatic nitrogens is 2. The molecule has 0 radical (unpaired) electrons. The van der Waals surface area contributed by atoms with Crippen molar-refractivity contribution in [2.75, 3.05) is 0 Å². The minimum atomic E-state index is -0.890. The molecule has 5 nitrogen and oxygen atoms in total. The van der Waals surface area contributed by atoms with Crippen molar-refractivity contribution in [3.63, 3.8) is 0 Å². The number of carboxylic acid groups (broad SMARTS) is 1. The second kappa shape index (κ2) is 6.41. The number of fused-ring (bicyclic) bond motifs is 3. The Bertz CT molecular complexity index is 1090. The molecular formula is C19H14N2O3S. The van der Waals surface area contributed by atoms with Crippen LogP contribution in [0.5, 0.6) is 5.75 Å². The molecule has 2 heterocycles. The molecule has 4 aromatic rings. The molecule has 0 atom stereocenters. The third-order valence-electron chi connectivity index (χ3n) is 3.72. The summed E-state index contributed by atoms with van der Waals surface area (Å²) in [5, 5.41) is 8.61. The molecule has 0 amide bonds. The molecule has 0 bridgehead atoms. The van der Waals surface area contributed by atoms with Gasteiger partial charge in [0.2, 0.25) is 0 Å². The van der Waals surface area contributed by atoms with E-state index < -0.39 is 5.97 Å². The van der Waals surface area contributed by atoms with Gasteiger partial charge in [0.1, 0.15) is 5.75 Å². The Balaban J connectivity index is 1.63. The first kappa shape index (κ1) is 15.4. The fraction of sp³-hybridized carbons (Fsp3) is 0.0526. The summed E-state index contributed by atoms with van der Waals surface area (Å²) >= 11 is 1.65. The first-order valence-corrected chi connectivity index (χ1v) is 8.53. The van der Waals surface area contributed by atoms with Gasteiger partial charge in [-0.3, -0.25) is 9.20 Å². The first-order chi connectivity index (χ1) is 12.2. The highest BCUT2D eigenvalue weighted by atomic mass is 32.1. The lowest BCUT2D eigenvalue weighted by molar-refractivity contribution is -0.136. The smallest absolute Gasteiger partial charge is 0.307 e. The normalized spacial score (nSPS) is 11.5. The third kappa shape index (κ3) is 3.12. The van der Waals surface area contributed by atoms with Crippen LogP contribution in [-0.2, 0) is 4.79 Å². The van der Waals surface area contributed by atoms with Gasteiger partial charge in [0, 0.05) is 11.8 Å². The van der Waals surface area contributed by atoms with Gasteiger partial charge >= 0.3 is 5.97 Å². The molecule has 2 aromatic carbocycles. The maximum Gasteiger partial charge on any atom is 0.307 e. The number of thiazole rings is 1. The summed E-state index contributed by atoms with van der Waals surface area (Å²) in [7, 11) is 0. The summed E-state index contributed by atoms with van der Waals surface area (Å²) < 4.78 is 8.77. The zero-order chi connectivity index (χ0) is 17.2. The number of ether oxygens (including phenoxy) is 1. The standard InChI is InChI=1S/C19H14N2O3S/c22-18(23)9-4-10-24-14-6-3-5-13(11-14)15-12-21-16-7-1-2-8-17(16)25-19(21)20-15/h1-8,10-12H,9H2,(H,22,23). The molecule has 1 N–H and O–H groups in total. The molecule has 0 aliphatic heterocycles. The summed E-state index contributed by atoms with van der Waals surface area (Å²) in [6.45, 7) is 0. The number of imidazole rings is 1. The van der Waals surface area contributed by atoms with Gasteiger partial charge in [0.25, 0.3) is 0 Å². The number of hydrogen-bond acceptors (Lipinski definition) is 4. The summed E-state index contributed by atoms with van der Waals surface area (Å²) in [6.07, 6.45) is 4.82. The quantitative estimate of drug-likeness (QED) is 0.535. The Morgan fingerprint density at radius 2 is 2.12 bits per heavy atom. The number of benzene rings is 2. The van der Waals surface area contributed by atoms with E-state index in [2.05, 4.69) is 16.5 Å². The molecule has 6 heteroatoms. The fourth-order valence-corrected chi connectivity index (χ4v) is 3.60. The predicted molar refractivity (Wildman–Crippen MR) is 98.0 cm³/mol. The van der Waals surface area contributed by atoms with Crippen LogP contribution in [0.2, 0.25) is 0 Å². The van der Waals surface area contributed by atoms with Gasteiger partial charge in [-0.05, 0) is 30.3 Å². The maximum absolute atomic E-state index is 10.5. The van der Waals surface area contributed by atoms with Crippen molar-refractivity contribution in [1.82, 2.24) is 9.38 Å². The average Bonchev–Trinajstić information content (AvgIpc) is 3.17. The van der Waals surface area contributed by atoms with Crippen LogP contribution >= 0.6 is 11.3 Å². The van der Waals surface area contributed by atoms with Gasteiger partial charge in [-0.15, -0.1) is 0 Å². The van der Waals surface area contributed by atoms with Crippen LogP contribution in [0.25, 0.3) is 26.4 Å². The van der Waals surface area contributed by atoms with Crippen molar-refractivity contribution in [1.29, 1.82) is 0 Å². The predicted octanol–water partition coefficient (Wildman–Crippen LogP) is 4.58. The Labute approximate surface area is 147 Å². The molecular weight excluding hydrogens is 336 g/mol. The zero-order valence-corrected chi connectivity index (χ0v) is 13.9. The van der Waals surface area contributed by atoms with E-state index in [9.17, 15) is 4.79 Å². The van der Waals surface area contributed by atoms with Crippen molar-refractivity contribution < 1.29 is 14.6 Å². The fourth-order valence-electron chi connectivity index (χ4n) is 2.59. The van der Waals surface area contributed by atoms with Crippen LogP contribution in [-0.4, -0.2) is 20.5 Å². The summed E-state index contributed by atoms with van der Waals surface area (Å²) in [6, 6.07) is 15.8. The Morgan fingerprint density at radius 1 is 1.24 bits per heavy atom. The Hall–Kier alpha value is -3.12. The molecule has 0 aliphatic carbocycles. The van der Waals surface area contributed by atoms with Crippen molar-refractivity contribution >= 4 is 32.5 Å². The SMILES string of the molecule is O=C(O)CC=COc1cccc(-c2cn3c(n2)sc2ccccc23)c1. The number of carboxylic acids is 1. The van der Waals surface area contributed by atoms with E-state index in [0.29, 0.717) is 5.75 Å². The zero-order valence-electron chi connectivity index (χ0n) is 13.1. The van der Waals surface area contributed by atoms with E-state index in [1.807, 2.05) is 42.6 Å². The minimum absolute atomic E-state index is 0.0654. The van der Waals surface area contributed by atoms with Gasteiger partial charge < -0.3 is 9.84 Å². The highest BCUT2D eigenvalue weighted by Gasteiger charge is 2.10. The van der Waals surface area contributed by atoms with Crippen molar-refractivity contribution in [3.8, 4) is 17.0 Å². The van der Waals surface area contributed by atoms with Gasteiger partial charge in [0.15, 0.2) is 4.96 Å². The number of nitrogens with zero attached hydrogens (tertiary/aromatic N) is 2. The Morgan fingerprint density at radius 3 is 3.00 bits per heavy atom. The molecule has 0 spiro atoms. The molecule has 0 unspecified atom stereocenters. The maximum atomic E-state index is 10.5. The van der Waals surface area contributed by atoms with Crippen LogP contribution in [0.1, 0.15) is 6.42 Å². The minimum Gasteiger partial charge on any atom is -0.481 e. The molecule has 0 aliphatic rings. The van der Waals surface area contributed by atoms with Crippen molar-refractivity contribution in [3.05, 3.63) is 67.1 Å². The lowest BCUT2D eigenvalue weighted by Crippen LogP contribution is -1.91. The lowest BCUT2D eigenvalue weighted by atomic mass is 10.1. The van der Waals surface area contributed by atoms with E-state index in [-0.39, 0.29) is 6.42 Å². The van der Waals surface area contributed by atoms with Crippen molar-refractivity contribution in [2.24, 2.45) is 0 Å². The largest absolute Gasteiger partial charge is 0.481 e. The van der Waals surface area contributed by atoms with Crippen LogP contribution in [0.3, 0.4) is 0 Å².